The monoisotopic (exact) mass is 412 g/mol. The lowest BCUT2D eigenvalue weighted by Crippen LogP contribution is -2.28. The Morgan fingerprint density at radius 1 is 1.17 bits per heavy atom. The Balaban J connectivity index is 1.53. The molecule has 0 aromatic heterocycles. The van der Waals surface area contributed by atoms with Gasteiger partial charge in [0, 0.05) is 23.5 Å². The summed E-state index contributed by atoms with van der Waals surface area (Å²) in [4.78, 5) is 39.4. The topological polar surface area (TPSA) is 75.7 Å². The molecular formula is C22H24N2O4S. The van der Waals surface area contributed by atoms with Gasteiger partial charge in [-0.3, -0.25) is 14.4 Å². The Bertz CT molecular complexity index is 898. The van der Waals surface area contributed by atoms with E-state index < -0.39 is 17.8 Å². The van der Waals surface area contributed by atoms with E-state index in [1.807, 2.05) is 48.7 Å². The molecule has 0 aliphatic carbocycles. The van der Waals surface area contributed by atoms with Crippen LogP contribution in [0.1, 0.15) is 18.9 Å². The molecule has 1 aliphatic rings. The third-order valence-electron chi connectivity index (χ3n) is 4.84. The summed E-state index contributed by atoms with van der Waals surface area (Å²) in [7, 11) is 0. The molecule has 152 valence electrons. The number of amides is 2. The lowest BCUT2D eigenvalue weighted by atomic mass is 10.1. The number of benzene rings is 2. The van der Waals surface area contributed by atoms with Gasteiger partial charge in [0.2, 0.25) is 5.91 Å². The number of thioether (sulfide) groups is 1. The predicted octanol–water partition coefficient (Wildman–Crippen LogP) is 3.51. The largest absolute Gasteiger partial charge is 0.455 e. The highest BCUT2D eigenvalue weighted by Gasteiger charge is 2.36. The molecule has 2 amide bonds. The number of ether oxygens (including phenoxy) is 1. The number of hydrogen-bond acceptors (Lipinski definition) is 5. The van der Waals surface area contributed by atoms with Crippen molar-refractivity contribution in [3.8, 4) is 0 Å². The normalized spacial score (nSPS) is 16.0. The minimum Gasteiger partial charge on any atom is -0.455 e. The van der Waals surface area contributed by atoms with Gasteiger partial charge < -0.3 is 15.0 Å². The van der Waals surface area contributed by atoms with Crippen molar-refractivity contribution >= 4 is 40.9 Å². The molecule has 1 saturated heterocycles. The first kappa shape index (κ1) is 20.9. The average molecular weight is 413 g/mol. The van der Waals surface area contributed by atoms with Crippen molar-refractivity contribution in [2.75, 3.05) is 29.6 Å². The lowest BCUT2D eigenvalue weighted by molar-refractivity contribution is -0.151. The summed E-state index contributed by atoms with van der Waals surface area (Å²) < 4.78 is 5.17. The molecule has 2 aromatic carbocycles. The van der Waals surface area contributed by atoms with Gasteiger partial charge in [0.25, 0.3) is 5.91 Å². The molecule has 1 fully saturated rings. The number of anilines is 2. The molecule has 0 spiro atoms. The van der Waals surface area contributed by atoms with Gasteiger partial charge in [-0.2, -0.15) is 0 Å². The van der Waals surface area contributed by atoms with Gasteiger partial charge in [-0.05, 0) is 42.5 Å². The maximum atomic E-state index is 12.4. The summed E-state index contributed by atoms with van der Waals surface area (Å²) in [5, 5.41) is 2.75. The molecule has 1 atom stereocenters. The smallest absolute Gasteiger partial charge is 0.311 e. The van der Waals surface area contributed by atoms with Crippen LogP contribution in [-0.4, -0.2) is 37.2 Å². The molecule has 1 N–H and O–H groups in total. The van der Waals surface area contributed by atoms with Gasteiger partial charge in [-0.1, -0.05) is 31.2 Å². The Morgan fingerprint density at radius 2 is 1.90 bits per heavy atom. The Morgan fingerprint density at radius 3 is 2.59 bits per heavy atom. The lowest BCUT2D eigenvalue weighted by Gasteiger charge is -2.17. The van der Waals surface area contributed by atoms with Crippen molar-refractivity contribution in [2.45, 2.75) is 24.7 Å². The number of nitrogens with one attached hydrogen (secondary N) is 1. The summed E-state index contributed by atoms with van der Waals surface area (Å²) >= 11 is 1.52. The summed E-state index contributed by atoms with van der Waals surface area (Å²) in [5.74, 6) is -1.62. The molecule has 3 rings (SSSR count). The van der Waals surface area contributed by atoms with E-state index in [0.717, 1.165) is 17.0 Å². The fraction of sp³-hybridized carbons (Fsp3) is 0.318. The standard InChI is InChI=1S/C22H24N2O4S/c1-3-15-8-10-17(11-9-15)24-13-16(12-21(24)26)22(27)28-14-20(25)23-18-6-4-5-7-19(18)29-2/h4-11,16H,3,12-14H2,1-2H3,(H,23,25)/t16-/m1/s1. The first-order valence-electron chi connectivity index (χ1n) is 9.50. The first-order chi connectivity index (χ1) is 14.0. The molecule has 1 heterocycles. The molecule has 0 radical (unpaired) electrons. The molecule has 1 aliphatic heterocycles. The summed E-state index contributed by atoms with van der Waals surface area (Å²) in [6.07, 6.45) is 2.93. The van der Waals surface area contributed by atoms with E-state index in [-0.39, 0.29) is 25.5 Å². The van der Waals surface area contributed by atoms with Crippen molar-refractivity contribution in [1.29, 1.82) is 0 Å². The highest BCUT2D eigenvalue weighted by atomic mass is 32.2. The van der Waals surface area contributed by atoms with E-state index in [0.29, 0.717) is 5.69 Å². The minimum absolute atomic E-state index is 0.0886. The van der Waals surface area contributed by atoms with E-state index in [2.05, 4.69) is 12.2 Å². The van der Waals surface area contributed by atoms with E-state index in [4.69, 9.17) is 4.74 Å². The van der Waals surface area contributed by atoms with Gasteiger partial charge in [0.15, 0.2) is 6.61 Å². The maximum absolute atomic E-state index is 12.4. The highest BCUT2D eigenvalue weighted by molar-refractivity contribution is 7.98. The third-order valence-corrected chi connectivity index (χ3v) is 5.64. The van der Waals surface area contributed by atoms with Gasteiger partial charge in [-0.15, -0.1) is 11.8 Å². The third kappa shape index (κ3) is 5.17. The van der Waals surface area contributed by atoms with Gasteiger partial charge in [0.05, 0.1) is 11.6 Å². The predicted molar refractivity (Wildman–Crippen MR) is 114 cm³/mol. The summed E-state index contributed by atoms with van der Waals surface area (Å²) in [6, 6.07) is 15.1. The number of aryl methyl sites for hydroxylation is 1. The van der Waals surface area contributed by atoms with Crippen LogP contribution in [-0.2, 0) is 25.5 Å². The summed E-state index contributed by atoms with van der Waals surface area (Å²) in [5.41, 5.74) is 2.64. The Labute approximate surface area is 174 Å². The van der Waals surface area contributed by atoms with Gasteiger partial charge in [-0.25, -0.2) is 0 Å². The molecule has 0 saturated carbocycles. The second kappa shape index (κ2) is 9.60. The number of hydrogen-bond donors (Lipinski definition) is 1. The molecule has 0 bridgehead atoms. The van der Waals surface area contributed by atoms with Crippen LogP contribution in [0.5, 0.6) is 0 Å². The Hall–Kier alpha value is -2.80. The molecule has 6 nitrogen and oxygen atoms in total. The van der Waals surface area contributed by atoms with Crippen molar-refractivity contribution in [3.63, 3.8) is 0 Å². The van der Waals surface area contributed by atoms with Crippen LogP contribution in [0.25, 0.3) is 0 Å². The zero-order valence-corrected chi connectivity index (χ0v) is 17.3. The molecule has 0 unspecified atom stereocenters. The first-order valence-corrected chi connectivity index (χ1v) is 10.7. The van der Waals surface area contributed by atoms with Crippen LogP contribution in [0.3, 0.4) is 0 Å². The van der Waals surface area contributed by atoms with Crippen LogP contribution in [0, 0.1) is 5.92 Å². The molecule has 2 aromatic rings. The van der Waals surface area contributed by atoms with Crippen LogP contribution >= 0.6 is 11.8 Å². The quantitative estimate of drug-likeness (QED) is 0.556. The fourth-order valence-electron chi connectivity index (χ4n) is 3.22. The second-order valence-electron chi connectivity index (χ2n) is 6.78. The number of rotatable bonds is 7. The van der Waals surface area contributed by atoms with Crippen LogP contribution in [0.4, 0.5) is 11.4 Å². The van der Waals surface area contributed by atoms with E-state index >= 15 is 0 Å². The fourth-order valence-corrected chi connectivity index (χ4v) is 3.77. The van der Waals surface area contributed by atoms with Crippen LogP contribution < -0.4 is 10.2 Å². The number of nitrogens with zero attached hydrogens (tertiary/aromatic N) is 1. The van der Waals surface area contributed by atoms with Gasteiger partial charge in [0.1, 0.15) is 0 Å². The van der Waals surface area contributed by atoms with Crippen LogP contribution in [0.15, 0.2) is 53.4 Å². The van der Waals surface area contributed by atoms with Crippen molar-refractivity contribution in [2.24, 2.45) is 5.92 Å². The van der Waals surface area contributed by atoms with E-state index in [1.54, 1.807) is 11.0 Å². The van der Waals surface area contributed by atoms with Crippen molar-refractivity contribution < 1.29 is 19.1 Å². The zero-order valence-electron chi connectivity index (χ0n) is 16.5. The van der Waals surface area contributed by atoms with Crippen molar-refractivity contribution in [1.82, 2.24) is 0 Å². The molecular weight excluding hydrogens is 388 g/mol. The average Bonchev–Trinajstić information content (AvgIpc) is 3.14. The highest BCUT2D eigenvalue weighted by Crippen LogP contribution is 2.27. The van der Waals surface area contributed by atoms with Crippen molar-refractivity contribution in [3.05, 3.63) is 54.1 Å². The Kier molecular flexibility index (Phi) is 6.93. The van der Waals surface area contributed by atoms with Crippen LogP contribution in [0.2, 0.25) is 0 Å². The molecule has 7 heteroatoms. The second-order valence-corrected chi connectivity index (χ2v) is 7.63. The maximum Gasteiger partial charge on any atom is 0.311 e. The molecule has 29 heavy (non-hydrogen) atoms. The number of para-hydroxylation sites is 1. The number of carbonyl (C=O) groups excluding carboxylic acids is 3. The van der Waals surface area contributed by atoms with E-state index in [9.17, 15) is 14.4 Å². The number of esters is 1. The summed E-state index contributed by atoms with van der Waals surface area (Å²) in [6.45, 7) is 1.95. The zero-order chi connectivity index (χ0) is 20.8. The van der Waals surface area contributed by atoms with Gasteiger partial charge >= 0.3 is 5.97 Å². The SMILES string of the molecule is CCc1ccc(N2C[C@H](C(=O)OCC(=O)Nc3ccccc3SC)CC2=O)cc1. The number of carbonyl (C=O) groups is 3. The minimum atomic E-state index is -0.570. The van der Waals surface area contributed by atoms with E-state index in [1.165, 1.54) is 17.3 Å².